The number of aliphatic hydroxyl groups is 1. The molecular formula is C15H13Br2NO2. The number of rotatable bonds is 4. The van der Waals surface area contributed by atoms with Gasteiger partial charge in [0.1, 0.15) is 0 Å². The zero-order valence-electron chi connectivity index (χ0n) is 10.5. The first-order chi connectivity index (χ1) is 9.60. The van der Waals surface area contributed by atoms with Crippen molar-refractivity contribution in [1.29, 1.82) is 0 Å². The first-order valence-electron chi connectivity index (χ1n) is 6.03. The lowest BCUT2D eigenvalue weighted by Crippen LogP contribution is -2.30. The van der Waals surface area contributed by atoms with Crippen molar-refractivity contribution >= 4 is 37.8 Å². The fourth-order valence-corrected chi connectivity index (χ4v) is 3.14. The summed E-state index contributed by atoms with van der Waals surface area (Å²) in [6, 6.07) is 14.3. The molecule has 0 saturated heterocycles. The molecule has 0 radical (unpaired) electrons. The molecule has 1 amide bonds. The maximum absolute atomic E-state index is 12.2. The second-order valence-corrected chi connectivity index (χ2v) is 6.11. The van der Waals surface area contributed by atoms with Gasteiger partial charge in [-0.1, -0.05) is 62.2 Å². The Morgan fingerprint density at radius 2 is 1.70 bits per heavy atom. The van der Waals surface area contributed by atoms with E-state index >= 15 is 0 Å². The van der Waals surface area contributed by atoms with E-state index in [1.807, 2.05) is 36.4 Å². The van der Waals surface area contributed by atoms with E-state index in [0.29, 0.717) is 5.56 Å². The predicted octanol–water partition coefficient (Wildman–Crippen LogP) is 3.68. The summed E-state index contributed by atoms with van der Waals surface area (Å²) in [5, 5.41) is 12.3. The highest BCUT2D eigenvalue weighted by Gasteiger charge is 2.15. The minimum atomic E-state index is -0.415. The second kappa shape index (κ2) is 7.02. The van der Waals surface area contributed by atoms with Crippen molar-refractivity contribution in [3.05, 3.63) is 68.6 Å². The maximum Gasteiger partial charge on any atom is 0.251 e. The van der Waals surface area contributed by atoms with Crippen LogP contribution in [-0.4, -0.2) is 17.6 Å². The number of nitrogens with one attached hydrogen (secondary N) is 1. The van der Waals surface area contributed by atoms with Crippen molar-refractivity contribution in [2.24, 2.45) is 0 Å². The molecule has 0 saturated carbocycles. The molecule has 0 aliphatic rings. The third-order valence-corrected chi connectivity index (χ3v) is 3.73. The Labute approximate surface area is 134 Å². The average Bonchev–Trinajstić information content (AvgIpc) is 2.44. The summed E-state index contributed by atoms with van der Waals surface area (Å²) in [4.78, 5) is 12.2. The van der Waals surface area contributed by atoms with Crippen molar-refractivity contribution in [3.63, 3.8) is 0 Å². The lowest BCUT2D eigenvalue weighted by atomic mass is 10.1. The van der Waals surface area contributed by atoms with Crippen molar-refractivity contribution in [2.45, 2.75) is 6.04 Å². The van der Waals surface area contributed by atoms with Gasteiger partial charge in [0.15, 0.2) is 0 Å². The summed E-state index contributed by atoms with van der Waals surface area (Å²) in [5.74, 6) is -0.227. The number of carbonyl (C=O) groups excluding carboxylic acids is 1. The number of benzene rings is 2. The quantitative estimate of drug-likeness (QED) is 0.825. The van der Waals surface area contributed by atoms with E-state index in [9.17, 15) is 9.90 Å². The molecule has 3 nitrogen and oxygen atoms in total. The smallest absolute Gasteiger partial charge is 0.251 e. The van der Waals surface area contributed by atoms with Crippen LogP contribution < -0.4 is 5.32 Å². The Hall–Kier alpha value is -1.17. The van der Waals surface area contributed by atoms with E-state index in [0.717, 1.165) is 14.5 Å². The zero-order chi connectivity index (χ0) is 14.5. The van der Waals surface area contributed by atoms with Crippen molar-refractivity contribution < 1.29 is 9.90 Å². The average molecular weight is 399 g/mol. The molecule has 2 N–H and O–H groups in total. The lowest BCUT2D eigenvalue weighted by Gasteiger charge is -2.17. The molecule has 0 heterocycles. The summed E-state index contributed by atoms with van der Waals surface area (Å²) in [6.45, 7) is -0.148. The van der Waals surface area contributed by atoms with Gasteiger partial charge in [-0.25, -0.2) is 0 Å². The van der Waals surface area contributed by atoms with Crippen molar-refractivity contribution in [2.75, 3.05) is 6.61 Å². The monoisotopic (exact) mass is 397 g/mol. The third kappa shape index (κ3) is 3.91. The van der Waals surface area contributed by atoms with Gasteiger partial charge < -0.3 is 10.4 Å². The summed E-state index contributed by atoms with van der Waals surface area (Å²) < 4.78 is 1.63. The van der Waals surface area contributed by atoms with Gasteiger partial charge in [0.25, 0.3) is 5.91 Å². The molecule has 0 aromatic heterocycles. The normalized spacial score (nSPS) is 11.9. The highest BCUT2D eigenvalue weighted by Crippen LogP contribution is 2.21. The van der Waals surface area contributed by atoms with Gasteiger partial charge in [-0.2, -0.15) is 0 Å². The molecule has 0 spiro atoms. The number of amides is 1. The first-order valence-corrected chi connectivity index (χ1v) is 7.61. The van der Waals surface area contributed by atoms with E-state index in [2.05, 4.69) is 37.2 Å². The van der Waals surface area contributed by atoms with Gasteiger partial charge in [0, 0.05) is 14.5 Å². The Kier molecular flexibility index (Phi) is 5.34. The van der Waals surface area contributed by atoms with Crippen LogP contribution in [-0.2, 0) is 0 Å². The van der Waals surface area contributed by atoms with Crippen LogP contribution >= 0.6 is 31.9 Å². The van der Waals surface area contributed by atoms with Gasteiger partial charge in [-0.15, -0.1) is 0 Å². The van der Waals surface area contributed by atoms with Crippen molar-refractivity contribution in [3.8, 4) is 0 Å². The number of halogens is 2. The van der Waals surface area contributed by atoms with Gasteiger partial charge in [0.05, 0.1) is 12.6 Å². The largest absolute Gasteiger partial charge is 0.394 e. The highest BCUT2D eigenvalue weighted by molar-refractivity contribution is 9.11. The number of hydrogen-bond donors (Lipinski definition) is 2. The second-order valence-electron chi connectivity index (χ2n) is 4.28. The number of aliphatic hydroxyl groups excluding tert-OH is 1. The molecule has 20 heavy (non-hydrogen) atoms. The Morgan fingerprint density at radius 1 is 1.10 bits per heavy atom. The molecule has 1 atom stereocenters. The third-order valence-electron chi connectivity index (χ3n) is 2.81. The highest BCUT2D eigenvalue weighted by atomic mass is 79.9. The molecule has 2 aromatic carbocycles. The van der Waals surface area contributed by atoms with Crippen LogP contribution in [0, 0.1) is 0 Å². The lowest BCUT2D eigenvalue weighted by molar-refractivity contribution is 0.0916. The topological polar surface area (TPSA) is 49.3 Å². The van der Waals surface area contributed by atoms with E-state index in [-0.39, 0.29) is 12.5 Å². The molecule has 104 valence electrons. The summed E-state index contributed by atoms with van der Waals surface area (Å²) in [7, 11) is 0. The summed E-state index contributed by atoms with van der Waals surface area (Å²) >= 11 is 6.70. The maximum atomic E-state index is 12.2. The molecule has 0 fully saturated rings. The number of hydrogen-bond acceptors (Lipinski definition) is 2. The Balaban J connectivity index is 2.17. The van der Waals surface area contributed by atoms with Crippen LogP contribution in [0.4, 0.5) is 0 Å². The molecule has 0 aliphatic heterocycles. The zero-order valence-corrected chi connectivity index (χ0v) is 13.7. The van der Waals surface area contributed by atoms with Crippen LogP contribution in [0.3, 0.4) is 0 Å². The minimum absolute atomic E-state index is 0.148. The van der Waals surface area contributed by atoms with E-state index < -0.39 is 6.04 Å². The molecule has 0 bridgehead atoms. The standard InChI is InChI=1S/C15H13Br2NO2/c16-12-6-11(7-13(17)8-12)15(20)18-14(9-19)10-4-2-1-3-5-10/h1-8,14,19H,9H2,(H,18,20). The van der Waals surface area contributed by atoms with E-state index in [4.69, 9.17) is 0 Å². The summed E-state index contributed by atoms with van der Waals surface area (Å²) in [6.07, 6.45) is 0. The first kappa shape index (κ1) is 15.2. The molecule has 5 heteroatoms. The van der Waals surface area contributed by atoms with Gasteiger partial charge in [0.2, 0.25) is 0 Å². The molecular weight excluding hydrogens is 386 g/mol. The SMILES string of the molecule is O=C(NC(CO)c1ccccc1)c1cc(Br)cc(Br)c1. The fraction of sp³-hybridized carbons (Fsp3) is 0.133. The van der Waals surface area contributed by atoms with Gasteiger partial charge >= 0.3 is 0 Å². The van der Waals surface area contributed by atoms with Gasteiger partial charge in [-0.05, 0) is 23.8 Å². The van der Waals surface area contributed by atoms with Crippen LogP contribution in [0.15, 0.2) is 57.5 Å². The fourth-order valence-electron chi connectivity index (χ4n) is 1.85. The van der Waals surface area contributed by atoms with Crippen molar-refractivity contribution in [1.82, 2.24) is 5.32 Å². The summed E-state index contributed by atoms with van der Waals surface area (Å²) in [5.41, 5.74) is 1.40. The van der Waals surface area contributed by atoms with E-state index in [1.165, 1.54) is 0 Å². The molecule has 2 rings (SSSR count). The van der Waals surface area contributed by atoms with Crippen LogP contribution in [0.1, 0.15) is 22.0 Å². The molecule has 0 aliphatic carbocycles. The van der Waals surface area contributed by atoms with E-state index in [1.54, 1.807) is 12.1 Å². The minimum Gasteiger partial charge on any atom is -0.394 e. The molecule has 2 aromatic rings. The Morgan fingerprint density at radius 3 is 2.25 bits per heavy atom. The predicted molar refractivity (Wildman–Crippen MR) is 85.6 cm³/mol. The Bertz CT molecular complexity index is 582. The van der Waals surface area contributed by atoms with Crippen LogP contribution in [0.5, 0.6) is 0 Å². The van der Waals surface area contributed by atoms with Crippen LogP contribution in [0.25, 0.3) is 0 Å². The van der Waals surface area contributed by atoms with Gasteiger partial charge in [-0.3, -0.25) is 4.79 Å². The molecule has 1 unspecified atom stereocenters. The van der Waals surface area contributed by atoms with Crippen LogP contribution in [0.2, 0.25) is 0 Å². The number of carbonyl (C=O) groups is 1.